The maximum Gasteiger partial charge on any atom is 0.494 e. The minimum Gasteiger partial charge on any atom is -0.399 e. The van der Waals surface area contributed by atoms with E-state index < -0.39 is 0 Å². The van der Waals surface area contributed by atoms with E-state index in [4.69, 9.17) is 19.0 Å². The predicted molar refractivity (Wildman–Crippen MR) is 135 cm³/mol. The summed E-state index contributed by atoms with van der Waals surface area (Å²) in [6, 6.07) is 4.76. The molecule has 1 aliphatic heterocycles. The first-order valence-corrected chi connectivity index (χ1v) is 12.6. The Balaban J connectivity index is 1.46. The van der Waals surface area contributed by atoms with Crippen LogP contribution in [0, 0.1) is 5.92 Å². The average molecular weight is 453 g/mol. The second-order valence-corrected chi connectivity index (χ2v) is 10.8. The van der Waals surface area contributed by atoms with Crippen LogP contribution in [0.25, 0.3) is 10.9 Å². The van der Waals surface area contributed by atoms with Gasteiger partial charge in [0.15, 0.2) is 0 Å². The molecule has 0 atom stereocenters. The van der Waals surface area contributed by atoms with Crippen molar-refractivity contribution in [3.63, 3.8) is 0 Å². The van der Waals surface area contributed by atoms with Gasteiger partial charge in [-0.1, -0.05) is 19.1 Å². The Morgan fingerprint density at radius 3 is 2.42 bits per heavy atom. The van der Waals surface area contributed by atoms with Gasteiger partial charge in [0.2, 0.25) is 5.95 Å². The summed E-state index contributed by atoms with van der Waals surface area (Å²) < 4.78 is 17.8. The number of benzene rings is 1. The molecule has 7 heteroatoms. The van der Waals surface area contributed by atoms with Crippen molar-refractivity contribution in [2.24, 2.45) is 5.92 Å². The Hall–Kier alpha value is -1.70. The minimum absolute atomic E-state index is 0.355. The van der Waals surface area contributed by atoms with Gasteiger partial charge in [0.05, 0.1) is 16.7 Å². The molecule has 1 aromatic carbocycles. The van der Waals surface area contributed by atoms with E-state index in [1.807, 2.05) is 6.20 Å². The van der Waals surface area contributed by atoms with E-state index in [9.17, 15) is 0 Å². The first-order chi connectivity index (χ1) is 15.7. The van der Waals surface area contributed by atoms with Crippen molar-refractivity contribution < 1.29 is 14.0 Å². The van der Waals surface area contributed by atoms with Gasteiger partial charge in [0.25, 0.3) is 0 Å². The maximum atomic E-state index is 6.28. The van der Waals surface area contributed by atoms with Crippen LogP contribution < -0.4 is 10.8 Å². The summed E-state index contributed by atoms with van der Waals surface area (Å²) in [5.41, 5.74) is 2.54. The van der Waals surface area contributed by atoms with Crippen LogP contribution in [0.1, 0.15) is 78.7 Å². The lowest BCUT2D eigenvalue weighted by Gasteiger charge is -2.32. The summed E-state index contributed by atoms with van der Waals surface area (Å²) in [6.07, 6.45) is 10.2. The molecule has 4 rings (SSSR count). The number of aryl methyl sites for hydroxylation is 1. The van der Waals surface area contributed by atoms with Crippen LogP contribution in [0.2, 0.25) is 0 Å². The van der Waals surface area contributed by atoms with Crippen molar-refractivity contribution in [3.8, 4) is 0 Å². The summed E-state index contributed by atoms with van der Waals surface area (Å²) in [7, 11) is 1.41. The first kappa shape index (κ1) is 24.4. The number of fused-ring (bicyclic) bond motifs is 1. The van der Waals surface area contributed by atoms with Gasteiger partial charge < -0.3 is 19.4 Å². The quantitative estimate of drug-likeness (QED) is 0.454. The summed E-state index contributed by atoms with van der Waals surface area (Å²) >= 11 is 0. The zero-order valence-electron chi connectivity index (χ0n) is 21.2. The lowest BCUT2D eigenvalue weighted by atomic mass is 9.77. The number of nitrogens with zero attached hydrogens (tertiary/aromatic N) is 2. The fraction of sp³-hybridized carbons (Fsp3) is 0.692. The normalized spacial score (nSPS) is 24.4. The van der Waals surface area contributed by atoms with Crippen LogP contribution in [0.3, 0.4) is 0 Å². The van der Waals surface area contributed by atoms with Gasteiger partial charge in [0.1, 0.15) is 0 Å². The van der Waals surface area contributed by atoms with Gasteiger partial charge in [-0.05, 0) is 89.6 Å². The molecule has 2 heterocycles. The predicted octanol–water partition coefficient (Wildman–Crippen LogP) is 4.89. The molecule has 0 unspecified atom stereocenters. The fourth-order valence-electron chi connectivity index (χ4n) is 4.99. The highest BCUT2D eigenvalue weighted by Crippen LogP contribution is 2.37. The SMILES string of the molecule is CCc1cc(B2OC(C)(C)C(C)(C)O2)cc2cnc(NC3CCC(CCCOC)CC3)nc12. The topological polar surface area (TPSA) is 65.5 Å². The third-order valence-electron chi connectivity index (χ3n) is 7.83. The van der Waals surface area contributed by atoms with E-state index in [-0.39, 0.29) is 18.3 Å². The highest BCUT2D eigenvalue weighted by molar-refractivity contribution is 6.62. The van der Waals surface area contributed by atoms with Crippen molar-refractivity contribution in [2.45, 2.75) is 96.8 Å². The minimum atomic E-state index is -0.374. The molecule has 2 aromatic rings. The largest absolute Gasteiger partial charge is 0.494 e. The number of rotatable bonds is 8. The smallest absolute Gasteiger partial charge is 0.399 e. The van der Waals surface area contributed by atoms with Crippen LogP contribution in [0.5, 0.6) is 0 Å². The Morgan fingerprint density at radius 1 is 1.09 bits per heavy atom. The van der Waals surface area contributed by atoms with E-state index >= 15 is 0 Å². The third-order valence-corrected chi connectivity index (χ3v) is 7.83. The summed E-state index contributed by atoms with van der Waals surface area (Å²) in [5, 5.41) is 4.64. The summed E-state index contributed by atoms with van der Waals surface area (Å²) in [5.74, 6) is 1.57. The third kappa shape index (κ3) is 5.36. The molecule has 0 spiro atoms. The zero-order chi connectivity index (χ0) is 23.6. The van der Waals surface area contributed by atoms with Crippen LogP contribution in [0.15, 0.2) is 18.3 Å². The van der Waals surface area contributed by atoms with Gasteiger partial charge >= 0.3 is 7.12 Å². The molecule has 0 amide bonds. The molecule has 6 nitrogen and oxygen atoms in total. The van der Waals surface area contributed by atoms with Crippen LogP contribution in [-0.4, -0.2) is 48.0 Å². The molecule has 0 bridgehead atoms. The zero-order valence-corrected chi connectivity index (χ0v) is 21.2. The number of hydrogen-bond acceptors (Lipinski definition) is 6. The van der Waals surface area contributed by atoms with E-state index in [0.29, 0.717) is 6.04 Å². The molecule has 2 aliphatic rings. The molecule has 33 heavy (non-hydrogen) atoms. The molecule has 1 N–H and O–H groups in total. The number of methoxy groups -OCH3 is 1. The van der Waals surface area contributed by atoms with Gasteiger partial charge in [-0.25, -0.2) is 9.97 Å². The molecule has 1 aromatic heterocycles. The Labute approximate surface area is 199 Å². The summed E-state index contributed by atoms with van der Waals surface area (Å²) in [6.45, 7) is 11.4. The number of nitrogens with one attached hydrogen (secondary N) is 1. The van der Waals surface area contributed by atoms with Gasteiger partial charge in [0, 0.05) is 31.3 Å². The van der Waals surface area contributed by atoms with Crippen molar-refractivity contribution >= 4 is 29.4 Å². The highest BCUT2D eigenvalue weighted by Gasteiger charge is 2.51. The number of anilines is 1. The highest BCUT2D eigenvalue weighted by atomic mass is 16.7. The number of hydrogen-bond donors (Lipinski definition) is 1. The second kappa shape index (κ2) is 9.89. The van der Waals surface area contributed by atoms with E-state index in [1.54, 1.807) is 7.11 Å². The van der Waals surface area contributed by atoms with Crippen molar-refractivity contribution in [3.05, 3.63) is 23.9 Å². The van der Waals surface area contributed by atoms with E-state index in [0.717, 1.165) is 41.3 Å². The molecule has 1 saturated carbocycles. The van der Waals surface area contributed by atoms with Crippen LogP contribution in [0.4, 0.5) is 5.95 Å². The maximum absolute atomic E-state index is 6.28. The first-order valence-electron chi connectivity index (χ1n) is 12.6. The van der Waals surface area contributed by atoms with Crippen molar-refractivity contribution in [1.82, 2.24) is 9.97 Å². The lowest BCUT2D eigenvalue weighted by molar-refractivity contribution is 0.00578. The molecule has 0 radical (unpaired) electrons. The number of ether oxygens (including phenoxy) is 1. The molecular weight excluding hydrogens is 413 g/mol. The second-order valence-electron chi connectivity index (χ2n) is 10.8. The lowest BCUT2D eigenvalue weighted by Crippen LogP contribution is -2.41. The molecule has 180 valence electrons. The van der Waals surface area contributed by atoms with Crippen LogP contribution in [-0.2, 0) is 20.5 Å². The monoisotopic (exact) mass is 453 g/mol. The summed E-state index contributed by atoms with van der Waals surface area (Å²) in [4.78, 5) is 9.58. The Bertz CT molecular complexity index is 941. The Morgan fingerprint density at radius 2 is 1.79 bits per heavy atom. The van der Waals surface area contributed by atoms with Crippen molar-refractivity contribution in [1.29, 1.82) is 0 Å². The fourth-order valence-corrected chi connectivity index (χ4v) is 4.99. The van der Waals surface area contributed by atoms with Gasteiger partial charge in [-0.15, -0.1) is 0 Å². The van der Waals surface area contributed by atoms with E-state index in [1.165, 1.54) is 44.1 Å². The Kier molecular flexibility index (Phi) is 7.32. The molecule has 2 fully saturated rings. The standard InChI is InChI=1S/C26H40BN3O3/c1-7-19-15-21(27-32-25(2,3)26(4,5)33-27)16-20-17-28-24(30-23(19)20)29-22-12-10-18(11-13-22)9-8-14-31-6/h15-18,22H,7-14H2,1-6H3,(H,28,29,30). The molecule has 1 saturated heterocycles. The number of aromatic nitrogens is 2. The van der Waals surface area contributed by atoms with Gasteiger partial charge in [-0.2, -0.15) is 0 Å². The van der Waals surface area contributed by atoms with Crippen LogP contribution >= 0.6 is 0 Å². The molecular formula is C26H40BN3O3. The van der Waals surface area contributed by atoms with Gasteiger partial charge in [-0.3, -0.25) is 0 Å². The molecule has 1 aliphatic carbocycles. The van der Waals surface area contributed by atoms with Crippen molar-refractivity contribution in [2.75, 3.05) is 19.0 Å². The van der Waals surface area contributed by atoms with E-state index in [2.05, 4.69) is 57.1 Å². The average Bonchev–Trinajstić information content (AvgIpc) is 3.01.